The molecule has 1 aliphatic heterocycles. The van der Waals surface area contributed by atoms with E-state index in [9.17, 15) is 13.2 Å². The van der Waals surface area contributed by atoms with Crippen molar-refractivity contribution in [2.45, 2.75) is 13.0 Å². The van der Waals surface area contributed by atoms with E-state index in [1.54, 1.807) is 31.1 Å². The van der Waals surface area contributed by atoms with Crippen molar-refractivity contribution < 1.29 is 22.7 Å². The highest BCUT2D eigenvalue weighted by molar-refractivity contribution is 7.92. The lowest BCUT2D eigenvalue weighted by molar-refractivity contribution is -0.132. The summed E-state index contributed by atoms with van der Waals surface area (Å²) < 4.78 is 36.9. The van der Waals surface area contributed by atoms with Crippen molar-refractivity contribution in [2.75, 3.05) is 55.9 Å². The van der Waals surface area contributed by atoms with Crippen LogP contribution in [0.3, 0.4) is 0 Å². The van der Waals surface area contributed by atoms with Crippen LogP contribution >= 0.6 is 11.6 Å². The second-order valence-electron chi connectivity index (χ2n) is 7.56. The van der Waals surface area contributed by atoms with Crippen molar-refractivity contribution in [1.82, 2.24) is 4.90 Å². The molecule has 1 atom stereocenters. The van der Waals surface area contributed by atoms with Gasteiger partial charge in [0.15, 0.2) is 0 Å². The van der Waals surface area contributed by atoms with Gasteiger partial charge in [-0.1, -0.05) is 11.6 Å². The normalized spacial score (nSPS) is 15.3. The molecule has 1 aliphatic rings. The summed E-state index contributed by atoms with van der Waals surface area (Å²) in [6.45, 7) is 3.84. The van der Waals surface area contributed by atoms with E-state index in [0.717, 1.165) is 22.0 Å². The van der Waals surface area contributed by atoms with Crippen LogP contribution in [0, 0.1) is 0 Å². The molecule has 0 unspecified atom stereocenters. The van der Waals surface area contributed by atoms with E-state index in [2.05, 4.69) is 4.90 Å². The lowest BCUT2D eigenvalue weighted by atomic mass is 10.2. The Morgan fingerprint density at radius 1 is 1.03 bits per heavy atom. The van der Waals surface area contributed by atoms with E-state index in [4.69, 9.17) is 21.1 Å². The number of piperazine rings is 1. The topological polar surface area (TPSA) is 79.4 Å². The molecule has 0 N–H and O–H groups in total. The molecule has 1 fully saturated rings. The zero-order chi connectivity index (χ0) is 23.5. The van der Waals surface area contributed by atoms with Crippen LogP contribution in [0.25, 0.3) is 0 Å². The van der Waals surface area contributed by atoms with E-state index >= 15 is 0 Å². The minimum Gasteiger partial charge on any atom is -0.497 e. The molecule has 2 aromatic carbocycles. The largest absolute Gasteiger partial charge is 0.497 e. The summed E-state index contributed by atoms with van der Waals surface area (Å²) in [5.74, 6) is 0.837. The molecule has 174 valence electrons. The fourth-order valence-corrected chi connectivity index (χ4v) is 5.18. The number of amides is 1. The number of carbonyl (C=O) groups excluding carboxylic acids is 1. The van der Waals surface area contributed by atoms with E-state index in [-0.39, 0.29) is 11.6 Å². The number of hydrogen-bond acceptors (Lipinski definition) is 6. The molecule has 0 bridgehead atoms. The van der Waals surface area contributed by atoms with Gasteiger partial charge in [-0.2, -0.15) is 0 Å². The Kier molecular flexibility index (Phi) is 7.40. The standard InChI is InChI=1S/C22H28ClN3O5S/c1-16(26(32(4,28)29)20-15-17(23)5-10-21(20)31-3)22(27)25-13-11-24(12-14-25)18-6-8-19(30-2)9-7-18/h5-10,15-16H,11-14H2,1-4H3/t16-/m1/s1. The number of hydrogen-bond donors (Lipinski definition) is 0. The highest BCUT2D eigenvalue weighted by Crippen LogP contribution is 2.34. The smallest absolute Gasteiger partial charge is 0.246 e. The van der Waals surface area contributed by atoms with Gasteiger partial charge in [0.1, 0.15) is 17.5 Å². The maximum atomic E-state index is 13.3. The average Bonchev–Trinajstić information content (AvgIpc) is 2.78. The number of methoxy groups -OCH3 is 2. The third-order valence-corrected chi connectivity index (χ3v) is 6.94. The zero-order valence-corrected chi connectivity index (χ0v) is 20.2. The second-order valence-corrected chi connectivity index (χ2v) is 9.86. The van der Waals surface area contributed by atoms with Gasteiger partial charge in [0, 0.05) is 36.9 Å². The molecule has 3 rings (SSSR count). The van der Waals surface area contributed by atoms with Gasteiger partial charge < -0.3 is 19.3 Å². The average molecular weight is 482 g/mol. The van der Waals surface area contributed by atoms with E-state index in [1.807, 2.05) is 24.3 Å². The highest BCUT2D eigenvalue weighted by Gasteiger charge is 2.35. The lowest BCUT2D eigenvalue weighted by Crippen LogP contribution is -2.55. The van der Waals surface area contributed by atoms with Crippen molar-refractivity contribution in [3.8, 4) is 11.5 Å². The van der Waals surface area contributed by atoms with E-state index < -0.39 is 16.1 Å². The van der Waals surface area contributed by atoms with Crippen molar-refractivity contribution in [2.24, 2.45) is 0 Å². The zero-order valence-electron chi connectivity index (χ0n) is 18.6. The van der Waals surface area contributed by atoms with Crippen LogP contribution < -0.4 is 18.7 Å². The van der Waals surface area contributed by atoms with Crippen molar-refractivity contribution in [1.29, 1.82) is 0 Å². The first-order chi connectivity index (χ1) is 15.2. The van der Waals surface area contributed by atoms with Crippen LogP contribution in [0.4, 0.5) is 11.4 Å². The van der Waals surface area contributed by atoms with Crippen LogP contribution in [0.1, 0.15) is 6.92 Å². The quantitative estimate of drug-likeness (QED) is 0.605. The van der Waals surface area contributed by atoms with Crippen LogP contribution in [0.5, 0.6) is 11.5 Å². The number of anilines is 2. The van der Waals surface area contributed by atoms with E-state index in [0.29, 0.717) is 37.0 Å². The number of ether oxygens (including phenoxy) is 2. The fraction of sp³-hybridized carbons (Fsp3) is 0.409. The highest BCUT2D eigenvalue weighted by atomic mass is 35.5. The molecule has 8 nitrogen and oxygen atoms in total. The molecular formula is C22H28ClN3O5S. The Morgan fingerprint density at radius 3 is 2.19 bits per heavy atom. The number of benzene rings is 2. The second kappa shape index (κ2) is 9.87. The first-order valence-electron chi connectivity index (χ1n) is 10.2. The number of rotatable bonds is 7. The van der Waals surface area contributed by atoms with Gasteiger partial charge in [-0.25, -0.2) is 8.42 Å². The monoisotopic (exact) mass is 481 g/mol. The summed E-state index contributed by atoms with van der Waals surface area (Å²) in [5, 5.41) is 0.349. The van der Waals surface area contributed by atoms with Gasteiger partial charge in [-0.05, 0) is 49.4 Å². The van der Waals surface area contributed by atoms with Gasteiger partial charge >= 0.3 is 0 Å². The first-order valence-corrected chi connectivity index (χ1v) is 12.4. The van der Waals surface area contributed by atoms with Gasteiger partial charge in [0.2, 0.25) is 15.9 Å². The Balaban J connectivity index is 1.76. The molecular weight excluding hydrogens is 454 g/mol. The minimum atomic E-state index is -3.79. The molecule has 1 heterocycles. The van der Waals surface area contributed by atoms with Crippen LogP contribution in [-0.4, -0.2) is 71.9 Å². The Labute approximate surface area is 194 Å². The molecule has 2 aromatic rings. The minimum absolute atomic E-state index is 0.236. The number of carbonyl (C=O) groups is 1. The first kappa shape index (κ1) is 24.0. The van der Waals surface area contributed by atoms with Crippen LogP contribution in [0.15, 0.2) is 42.5 Å². The number of sulfonamides is 1. The van der Waals surface area contributed by atoms with Gasteiger partial charge in [-0.3, -0.25) is 9.10 Å². The Hall–Kier alpha value is -2.65. The summed E-state index contributed by atoms with van der Waals surface area (Å²) in [4.78, 5) is 17.2. The maximum Gasteiger partial charge on any atom is 0.246 e. The third kappa shape index (κ3) is 5.21. The molecule has 1 saturated heterocycles. The Morgan fingerprint density at radius 2 is 1.66 bits per heavy atom. The van der Waals surface area contributed by atoms with Gasteiger partial charge in [0.05, 0.1) is 26.2 Å². The summed E-state index contributed by atoms with van der Waals surface area (Å²) in [5.41, 5.74) is 1.28. The van der Waals surface area contributed by atoms with E-state index in [1.165, 1.54) is 13.2 Å². The number of nitrogens with zero attached hydrogens (tertiary/aromatic N) is 3. The van der Waals surface area contributed by atoms with Crippen molar-refractivity contribution in [3.05, 3.63) is 47.5 Å². The molecule has 10 heteroatoms. The number of halogens is 1. The fourth-order valence-electron chi connectivity index (χ4n) is 3.85. The van der Waals surface area contributed by atoms with Crippen molar-refractivity contribution >= 4 is 38.9 Å². The van der Waals surface area contributed by atoms with Crippen molar-refractivity contribution in [3.63, 3.8) is 0 Å². The molecule has 0 aliphatic carbocycles. The van der Waals surface area contributed by atoms with Gasteiger partial charge in [-0.15, -0.1) is 0 Å². The molecule has 1 amide bonds. The molecule has 0 saturated carbocycles. The van der Waals surface area contributed by atoms with Gasteiger partial charge in [0.25, 0.3) is 0 Å². The predicted octanol–water partition coefficient (Wildman–Crippen LogP) is 2.86. The molecule has 0 spiro atoms. The predicted molar refractivity (Wildman–Crippen MR) is 127 cm³/mol. The summed E-state index contributed by atoms with van der Waals surface area (Å²) in [6, 6.07) is 11.5. The SMILES string of the molecule is COc1ccc(N2CCN(C(=O)[C@@H](C)N(c3cc(Cl)ccc3OC)S(C)(=O)=O)CC2)cc1. The molecule has 0 aromatic heterocycles. The molecule has 32 heavy (non-hydrogen) atoms. The summed E-state index contributed by atoms with van der Waals surface area (Å²) in [6.07, 6.45) is 1.07. The summed E-state index contributed by atoms with van der Waals surface area (Å²) >= 11 is 6.11. The summed E-state index contributed by atoms with van der Waals surface area (Å²) in [7, 11) is -0.719. The lowest BCUT2D eigenvalue weighted by Gasteiger charge is -2.39. The Bertz CT molecular complexity index is 1050. The van der Waals surface area contributed by atoms with Crippen LogP contribution in [-0.2, 0) is 14.8 Å². The maximum absolute atomic E-state index is 13.3. The third-order valence-electron chi connectivity index (χ3n) is 5.47. The molecule has 0 radical (unpaired) electrons. The van der Waals surface area contributed by atoms with Crippen LogP contribution in [0.2, 0.25) is 5.02 Å².